The Hall–Kier alpha value is -1.53. The van der Waals surface area contributed by atoms with Crippen LogP contribution in [-0.4, -0.2) is 18.3 Å². The van der Waals surface area contributed by atoms with Crippen LogP contribution >= 0.6 is 0 Å². The maximum atomic E-state index is 8.89. The van der Waals surface area contributed by atoms with Gasteiger partial charge in [0.05, 0.1) is 18.2 Å². The lowest BCUT2D eigenvalue weighted by molar-refractivity contribution is 0.233. The van der Waals surface area contributed by atoms with Crippen LogP contribution < -0.4 is 4.74 Å². The summed E-state index contributed by atoms with van der Waals surface area (Å²) in [6, 6.07) is 7.67. The van der Waals surface area contributed by atoms with Crippen LogP contribution in [0, 0.1) is 11.3 Å². The second kappa shape index (κ2) is 6.14. The van der Waals surface area contributed by atoms with Crippen LogP contribution in [0.1, 0.15) is 37.3 Å². The monoisotopic (exact) mass is 219 g/mol. The molecule has 3 nitrogen and oxygen atoms in total. The third kappa shape index (κ3) is 3.56. The molecule has 0 saturated carbocycles. The molecule has 0 saturated heterocycles. The number of hydrogen-bond acceptors (Lipinski definition) is 3. The predicted octanol–water partition coefficient (Wildman–Crippen LogP) is 2.44. The zero-order valence-electron chi connectivity index (χ0n) is 9.73. The lowest BCUT2D eigenvalue weighted by Gasteiger charge is -2.10. The van der Waals surface area contributed by atoms with E-state index in [1.54, 1.807) is 6.07 Å². The fourth-order valence-electron chi connectivity index (χ4n) is 1.36. The normalized spacial score (nSPS) is 10.2. The molecule has 86 valence electrons. The number of ether oxygens (including phenoxy) is 1. The van der Waals surface area contributed by atoms with Gasteiger partial charge in [-0.1, -0.05) is 13.8 Å². The van der Waals surface area contributed by atoms with Crippen molar-refractivity contribution in [1.29, 1.82) is 5.26 Å². The van der Waals surface area contributed by atoms with Gasteiger partial charge in [0.15, 0.2) is 0 Å². The first-order valence-electron chi connectivity index (χ1n) is 5.46. The highest BCUT2D eigenvalue weighted by molar-refractivity contribution is 5.41. The molecule has 0 aromatic heterocycles. The summed E-state index contributed by atoms with van der Waals surface area (Å²) in [6.07, 6.45) is 0.605. The summed E-state index contributed by atoms with van der Waals surface area (Å²) >= 11 is 0. The topological polar surface area (TPSA) is 53.2 Å². The number of benzene rings is 1. The fraction of sp³-hybridized carbons (Fsp3) is 0.462. The second-order valence-electron chi connectivity index (χ2n) is 3.98. The largest absolute Gasteiger partial charge is 0.493 e. The van der Waals surface area contributed by atoms with Crippen molar-refractivity contribution in [3.63, 3.8) is 0 Å². The van der Waals surface area contributed by atoms with Gasteiger partial charge in [-0.2, -0.15) is 5.26 Å². The Morgan fingerprint density at radius 1 is 1.38 bits per heavy atom. The van der Waals surface area contributed by atoms with Crippen LogP contribution in [0.2, 0.25) is 0 Å². The minimum absolute atomic E-state index is 0.120. The minimum atomic E-state index is 0.120. The summed E-state index contributed by atoms with van der Waals surface area (Å²) in [6.45, 7) is 4.75. The van der Waals surface area contributed by atoms with E-state index < -0.39 is 0 Å². The Kier molecular flexibility index (Phi) is 4.81. The Balaban J connectivity index is 2.83. The number of nitrogens with zero attached hydrogens (tertiary/aromatic N) is 1. The van der Waals surface area contributed by atoms with Gasteiger partial charge in [-0.25, -0.2) is 0 Å². The third-order valence-electron chi connectivity index (χ3n) is 2.30. The van der Waals surface area contributed by atoms with Crippen molar-refractivity contribution in [1.82, 2.24) is 0 Å². The highest BCUT2D eigenvalue weighted by Gasteiger charge is 2.05. The Bertz CT molecular complexity index is 380. The third-order valence-corrected chi connectivity index (χ3v) is 2.30. The summed E-state index contributed by atoms with van der Waals surface area (Å²) in [5.74, 6) is 1.07. The minimum Gasteiger partial charge on any atom is -0.493 e. The van der Waals surface area contributed by atoms with Gasteiger partial charge in [-0.3, -0.25) is 0 Å². The lowest BCUT2D eigenvalue weighted by Crippen LogP contribution is -2.01. The molecule has 0 aliphatic heterocycles. The number of hydrogen-bond donors (Lipinski definition) is 1. The Labute approximate surface area is 96.3 Å². The molecule has 1 aromatic rings. The fourth-order valence-corrected chi connectivity index (χ4v) is 1.36. The van der Waals surface area contributed by atoms with E-state index in [1.165, 1.54) is 0 Å². The first-order valence-corrected chi connectivity index (χ1v) is 5.46. The number of aliphatic hydroxyl groups excluding tert-OH is 1. The molecule has 0 amide bonds. The van der Waals surface area contributed by atoms with Gasteiger partial charge in [-0.15, -0.1) is 0 Å². The molecule has 0 radical (unpaired) electrons. The zero-order chi connectivity index (χ0) is 12.0. The highest BCUT2D eigenvalue weighted by Crippen LogP contribution is 2.22. The SMILES string of the molecule is CC(C)c1cc(C#N)cc(OCCCO)c1. The van der Waals surface area contributed by atoms with E-state index in [0.29, 0.717) is 30.3 Å². The van der Waals surface area contributed by atoms with E-state index in [0.717, 1.165) is 5.56 Å². The molecular formula is C13H17NO2. The van der Waals surface area contributed by atoms with Crippen LogP contribution in [-0.2, 0) is 0 Å². The van der Waals surface area contributed by atoms with Gasteiger partial charge in [0.25, 0.3) is 0 Å². The van der Waals surface area contributed by atoms with E-state index in [-0.39, 0.29) is 6.61 Å². The number of nitriles is 1. The van der Waals surface area contributed by atoms with Crippen LogP contribution in [0.25, 0.3) is 0 Å². The van der Waals surface area contributed by atoms with Gasteiger partial charge in [0.2, 0.25) is 0 Å². The van der Waals surface area contributed by atoms with E-state index in [4.69, 9.17) is 15.1 Å². The zero-order valence-corrected chi connectivity index (χ0v) is 9.73. The maximum Gasteiger partial charge on any atom is 0.120 e. The van der Waals surface area contributed by atoms with Crippen LogP contribution in [0.3, 0.4) is 0 Å². The van der Waals surface area contributed by atoms with E-state index in [1.807, 2.05) is 12.1 Å². The van der Waals surface area contributed by atoms with Crippen molar-refractivity contribution >= 4 is 0 Å². The molecule has 0 heterocycles. The Morgan fingerprint density at radius 2 is 2.12 bits per heavy atom. The first kappa shape index (κ1) is 12.5. The molecular weight excluding hydrogens is 202 g/mol. The lowest BCUT2D eigenvalue weighted by atomic mass is 10.0. The highest BCUT2D eigenvalue weighted by atomic mass is 16.5. The summed E-state index contributed by atoms with van der Waals surface area (Å²) in [4.78, 5) is 0. The van der Waals surface area contributed by atoms with Crippen molar-refractivity contribution in [3.8, 4) is 11.8 Å². The molecule has 1 N–H and O–H groups in total. The van der Waals surface area contributed by atoms with E-state index in [9.17, 15) is 0 Å². The number of aliphatic hydroxyl groups is 1. The molecule has 0 atom stereocenters. The molecule has 0 aliphatic carbocycles. The van der Waals surface area contributed by atoms with Crippen LogP contribution in [0.4, 0.5) is 0 Å². The summed E-state index contributed by atoms with van der Waals surface area (Å²) in [7, 11) is 0. The van der Waals surface area contributed by atoms with Gasteiger partial charge in [0, 0.05) is 13.0 Å². The molecule has 3 heteroatoms. The average Bonchev–Trinajstić information content (AvgIpc) is 2.29. The molecule has 0 bridgehead atoms. The molecule has 1 rings (SSSR count). The average molecular weight is 219 g/mol. The standard InChI is InChI=1S/C13H17NO2/c1-10(2)12-6-11(9-14)7-13(8-12)16-5-3-4-15/h6-8,10,15H,3-5H2,1-2H3. The summed E-state index contributed by atoms with van der Waals surface area (Å²) in [5.41, 5.74) is 1.71. The molecule has 0 spiro atoms. The molecule has 0 unspecified atom stereocenters. The van der Waals surface area contributed by atoms with Gasteiger partial charge >= 0.3 is 0 Å². The van der Waals surface area contributed by atoms with Gasteiger partial charge in [-0.05, 0) is 29.7 Å². The smallest absolute Gasteiger partial charge is 0.120 e. The van der Waals surface area contributed by atoms with Crippen molar-refractivity contribution < 1.29 is 9.84 Å². The van der Waals surface area contributed by atoms with Gasteiger partial charge in [0.1, 0.15) is 5.75 Å². The first-order chi connectivity index (χ1) is 7.67. The van der Waals surface area contributed by atoms with E-state index in [2.05, 4.69) is 19.9 Å². The maximum absolute atomic E-state index is 8.89. The summed E-state index contributed by atoms with van der Waals surface area (Å²) in [5, 5.41) is 17.5. The van der Waals surface area contributed by atoms with Crippen molar-refractivity contribution in [2.45, 2.75) is 26.2 Å². The molecule has 1 aromatic carbocycles. The molecule has 0 aliphatic rings. The predicted molar refractivity (Wildman–Crippen MR) is 62.4 cm³/mol. The quantitative estimate of drug-likeness (QED) is 0.774. The van der Waals surface area contributed by atoms with Crippen LogP contribution in [0.15, 0.2) is 18.2 Å². The second-order valence-corrected chi connectivity index (χ2v) is 3.98. The Morgan fingerprint density at radius 3 is 2.69 bits per heavy atom. The van der Waals surface area contributed by atoms with Crippen molar-refractivity contribution in [2.75, 3.05) is 13.2 Å². The summed E-state index contributed by atoms with van der Waals surface area (Å²) < 4.78 is 5.47. The number of rotatable bonds is 5. The van der Waals surface area contributed by atoms with Crippen LogP contribution in [0.5, 0.6) is 5.75 Å². The van der Waals surface area contributed by atoms with Gasteiger partial charge < -0.3 is 9.84 Å². The molecule has 0 fully saturated rings. The van der Waals surface area contributed by atoms with Crippen molar-refractivity contribution in [2.24, 2.45) is 0 Å². The van der Waals surface area contributed by atoms with Crippen molar-refractivity contribution in [3.05, 3.63) is 29.3 Å². The molecule has 16 heavy (non-hydrogen) atoms. The van der Waals surface area contributed by atoms with E-state index >= 15 is 0 Å².